The van der Waals surface area contributed by atoms with Gasteiger partial charge < -0.3 is 15.0 Å². The highest BCUT2D eigenvalue weighted by atomic mass is 16.6. The van der Waals surface area contributed by atoms with Gasteiger partial charge in [0, 0.05) is 38.4 Å². The van der Waals surface area contributed by atoms with E-state index in [1.807, 2.05) is 0 Å². The number of hydrogen-bond acceptors (Lipinski definition) is 7. The maximum atomic E-state index is 12.5. The molecule has 0 saturated carbocycles. The molecule has 11 nitrogen and oxygen atoms in total. The second kappa shape index (κ2) is 8.99. The van der Waals surface area contributed by atoms with E-state index in [4.69, 9.17) is 4.74 Å². The molecule has 4 amide bonds. The smallest absolute Gasteiger partial charge is 0.270 e. The van der Waals surface area contributed by atoms with E-state index in [9.17, 15) is 29.3 Å². The minimum Gasteiger partial charge on any atom is -0.384 e. The molecule has 0 radical (unpaired) electrons. The number of imide groups is 1. The van der Waals surface area contributed by atoms with Crippen molar-refractivity contribution in [2.24, 2.45) is 0 Å². The van der Waals surface area contributed by atoms with Crippen LogP contribution >= 0.6 is 0 Å². The zero-order valence-corrected chi connectivity index (χ0v) is 16.5. The van der Waals surface area contributed by atoms with Crippen molar-refractivity contribution in [2.45, 2.75) is 25.3 Å². The summed E-state index contributed by atoms with van der Waals surface area (Å²) < 4.78 is 4.90. The van der Waals surface area contributed by atoms with E-state index in [2.05, 4.69) is 5.32 Å². The van der Waals surface area contributed by atoms with Crippen molar-refractivity contribution in [2.75, 3.05) is 33.4 Å². The van der Waals surface area contributed by atoms with Crippen LogP contribution in [0.3, 0.4) is 0 Å². The Bertz CT molecular complexity index is 893. The number of fused-ring (bicyclic) bond motifs is 1. The number of nitrogens with zero attached hydrogens (tertiary/aromatic N) is 3. The van der Waals surface area contributed by atoms with E-state index in [0.29, 0.717) is 39.0 Å². The van der Waals surface area contributed by atoms with Crippen LogP contribution in [0.2, 0.25) is 0 Å². The van der Waals surface area contributed by atoms with Crippen LogP contribution in [0.4, 0.5) is 5.69 Å². The summed E-state index contributed by atoms with van der Waals surface area (Å²) in [7, 11) is 1.53. The molecule has 30 heavy (non-hydrogen) atoms. The molecule has 0 aliphatic carbocycles. The summed E-state index contributed by atoms with van der Waals surface area (Å²) in [5, 5.41) is 13.7. The van der Waals surface area contributed by atoms with Crippen LogP contribution in [0.1, 0.15) is 40.0 Å². The van der Waals surface area contributed by atoms with Gasteiger partial charge in [-0.05, 0) is 18.9 Å². The first kappa shape index (κ1) is 21.4. The molecule has 2 aliphatic heterocycles. The van der Waals surface area contributed by atoms with Crippen LogP contribution in [0, 0.1) is 10.1 Å². The molecule has 1 N–H and O–H groups in total. The van der Waals surface area contributed by atoms with Gasteiger partial charge in [0.1, 0.15) is 6.54 Å². The van der Waals surface area contributed by atoms with Crippen LogP contribution in [0.15, 0.2) is 18.2 Å². The number of likely N-dealkylation sites (tertiary alicyclic amines) is 1. The molecule has 0 unspecified atom stereocenters. The number of methoxy groups -OCH3 is 1. The quantitative estimate of drug-likeness (QED) is 0.382. The summed E-state index contributed by atoms with van der Waals surface area (Å²) in [6.45, 7) is 0.903. The van der Waals surface area contributed by atoms with Crippen molar-refractivity contribution < 1.29 is 28.8 Å². The Morgan fingerprint density at radius 3 is 2.50 bits per heavy atom. The van der Waals surface area contributed by atoms with Crippen LogP contribution in [0.25, 0.3) is 0 Å². The number of hydrogen-bond donors (Lipinski definition) is 1. The number of nitro benzene ring substituents is 1. The molecule has 0 spiro atoms. The van der Waals surface area contributed by atoms with Gasteiger partial charge in [-0.2, -0.15) is 0 Å². The van der Waals surface area contributed by atoms with Crippen molar-refractivity contribution in [1.29, 1.82) is 0 Å². The normalized spacial score (nSPS) is 16.6. The highest BCUT2D eigenvalue weighted by Crippen LogP contribution is 2.26. The highest BCUT2D eigenvalue weighted by Gasteiger charge is 2.38. The van der Waals surface area contributed by atoms with Gasteiger partial charge in [0.25, 0.3) is 17.5 Å². The molecule has 1 saturated heterocycles. The van der Waals surface area contributed by atoms with E-state index < -0.39 is 29.2 Å². The Kier molecular flexibility index (Phi) is 6.40. The lowest BCUT2D eigenvalue weighted by molar-refractivity contribution is -0.384. The molecule has 3 rings (SSSR count). The number of rotatable bonds is 7. The van der Waals surface area contributed by atoms with E-state index in [1.165, 1.54) is 13.2 Å². The van der Waals surface area contributed by atoms with Crippen molar-refractivity contribution >= 4 is 29.3 Å². The van der Waals surface area contributed by atoms with Gasteiger partial charge in [-0.15, -0.1) is 0 Å². The number of amides is 4. The highest BCUT2D eigenvalue weighted by molar-refractivity contribution is 6.22. The fourth-order valence-electron chi connectivity index (χ4n) is 3.57. The fraction of sp³-hybridized carbons (Fsp3) is 0.474. The molecular weight excluding hydrogens is 396 g/mol. The average Bonchev–Trinajstić information content (AvgIpc) is 2.96. The monoisotopic (exact) mass is 418 g/mol. The third-order valence-electron chi connectivity index (χ3n) is 5.20. The van der Waals surface area contributed by atoms with Crippen LogP contribution in [-0.2, 0) is 14.3 Å². The molecule has 11 heteroatoms. The lowest BCUT2D eigenvalue weighted by atomic mass is 10.0. The number of carbonyl (C=O) groups excluding carboxylic acids is 4. The molecule has 0 aromatic heterocycles. The van der Waals surface area contributed by atoms with Gasteiger partial charge in [0.2, 0.25) is 11.8 Å². The molecule has 1 fully saturated rings. The number of benzene rings is 1. The minimum atomic E-state index is -0.729. The second-order valence-electron chi connectivity index (χ2n) is 7.15. The molecule has 1 aromatic carbocycles. The number of ether oxygens (including phenoxy) is 1. The standard InChI is InChI=1S/C19H22N4O7/c1-30-9-6-17(25)21-7-4-12(5-8-21)20-16(24)11-22-18(26)14-3-2-13(23(28)29)10-15(14)19(22)27/h2-3,10,12H,4-9,11H2,1H3,(H,20,24). The van der Waals surface area contributed by atoms with E-state index in [-0.39, 0.29) is 28.8 Å². The molecule has 1 aromatic rings. The average molecular weight is 418 g/mol. The summed E-state index contributed by atoms with van der Waals surface area (Å²) in [5.41, 5.74) is -0.334. The predicted molar refractivity (Wildman–Crippen MR) is 103 cm³/mol. The first-order valence-electron chi connectivity index (χ1n) is 9.52. The predicted octanol–water partition coefficient (Wildman–Crippen LogP) is 0.335. The number of piperidine rings is 1. The Balaban J connectivity index is 1.53. The van der Waals surface area contributed by atoms with Gasteiger partial charge >= 0.3 is 0 Å². The summed E-state index contributed by atoms with van der Waals surface area (Å²) in [6.07, 6.45) is 1.45. The number of nitro groups is 1. The summed E-state index contributed by atoms with van der Waals surface area (Å²) in [6, 6.07) is 3.25. The third kappa shape index (κ3) is 4.46. The summed E-state index contributed by atoms with van der Waals surface area (Å²) in [5.74, 6) is -1.88. The Hall–Kier alpha value is -3.34. The van der Waals surface area contributed by atoms with Gasteiger partial charge in [-0.1, -0.05) is 0 Å². The molecule has 2 aliphatic rings. The lowest BCUT2D eigenvalue weighted by Gasteiger charge is -2.32. The van der Waals surface area contributed by atoms with Crippen molar-refractivity contribution in [3.05, 3.63) is 39.4 Å². The van der Waals surface area contributed by atoms with E-state index in [0.717, 1.165) is 17.0 Å². The number of non-ortho nitro benzene ring substituents is 1. The van der Waals surface area contributed by atoms with Crippen molar-refractivity contribution in [1.82, 2.24) is 15.1 Å². The van der Waals surface area contributed by atoms with Gasteiger partial charge in [0.05, 0.1) is 29.1 Å². The second-order valence-corrected chi connectivity index (χ2v) is 7.15. The molecular formula is C19H22N4O7. The van der Waals surface area contributed by atoms with Crippen LogP contribution < -0.4 is 5.32 Å². The topological polar surface area (TPSA) is 139 Å². The van der Waals surface area contributed by atoms with Crippen molar-refractivity contribution in [3.63, 3.8) is 0 Å². The molecule has 2 heterocycles. The van der Waals surface area contributed by atoms with Crippen molar-refractivity contribution in [3.8, 4) is 0 Å². The van der Waals surface area contributed by atoms with E-state index in [1.54, 1.807) is 4.90 Å². The Labute approximate surface area is 172 Å². The Morgan fingerprint density at radius 1 is 1.20 bits per heavy atom. The maximum absolute atomic E-state index is 12.5. The number of nitrogens with one attached hydrogen (secondary N) is 1. The molecule has 160 valence electrons. The minimum absolute atomic E-state index is 0.00162. The number of carbonyl (C=O) groups is 4. The first-order chi connectivity index (χ1) is 14.3. The van der Waals surface area contributed by atoms with E-state index >= 15 is 0 Å². The van der Waals surface area contributed by atoms with Gasteiger partial charge in [-0.25, -0.2) is 0 Å². The maximum Gasteiger partial charge on any atom is 0.270 e. The van der Waals surface area contributed by atoms with Crippen LogP contribution in [-0.4, -0.2) is 77.7 Å². The zero-order chi connectivity index (χ0) is 21.8. The van der Waals surface area contributed by atoms with Crippen LogP contribution in [0.5, 0.6) is 0 Å². The first-order valence-corrected chi connectivity index (χ1v) is 9.52. The summed E-state index contributed by atoms with van der Waals surface area (Å²) >= 11 is 0. The SMILES string of the molecule is COCCC(=O)N1CCC(NC(=O)CN2C(=O)c3ccc([N+](=O)[O-])cc3C2=O)CC1. The fourth-order valence-corrected chi connectivity index (χ4v) is 3.57. The van der Waals surface area contributed by atoms with Gasteiger partial charge in [0.15, 0.2) is 0 Å². The molecule has 0 atom stereocenters. The lowest BCUT2D eigenvalue weighted by Crippen LogP contribution is -2.49. The largest absolute Gasteiger partial charge is 0.384 e. The molecule has 0 bridgehead atoms. The zero-order valence-electron chi connectivity index (χ0n) is 16.5. The Morgan fingerprint density at radius 2 is 1.87 bits per heavy atom. The van der Waals surface area contributed by atoms with Gasteiger partial charge in [-0.3, -0.25) is 34.2 Å². The summed E-state index contributed by atoms with van der Waals surface area (Å²) in [4.78, 5) is 62.0. The third-order valence-corrected chi connectivity index (χ3v) is 5.20.